The Labute approximate surface area is 161 Å². The van der Waals surface area contributed by atoms with Crippen LogP contribution in [0.25, 0.3) is 0 Å². The highest BCUT2D eigenvalue weighted by molar-refractivity contribution is 7.99. The summed E-state index contributed by atoms with van der Waals surface area (Å²) >= 11 is 1.93. The molecule has 2 fully saturated rings. The summed E-state index contributed by atoms with van der Waals surface area (Å²) in [6.45, 7) is 6.02. The lowest BCUT2D eigenvalue weighted by Crippen LogP contribution is -2.46. The van der Waals surface area contributed by atoms with Crippen molar-refractivity contribution in [3.8, 4) is 5.75 Å². The standard InChI is InChI=1S/C21H31NO3S/c1-3-16(2)19-8-4-5-9-20(19)25-14-21(23)22(17-10-12-26-15-17)13-18-7-6-11-24-18/h4-5,8-9,16-18H,3,6-7,10-15H2,1-2H3. The van der Waals surface area contributed by atoms with E-state index in [-0.39, 0.29) is 18.6 Å². The van der Waals surface area contributed by atoms with E-state index in [1.54, 1.807) is 0 Å². The highest BCUT2D eigenvalue weighted by Crippen LogP contribution is 2.29. The van der Waals surface area contributed by atoms with E-state index in [2.05, 4.69) is 19.9 Å². The molecule has 0 N–H and O–H groups in total. The molecular formula is C21H31NO3S. The van der Waals surface area contributed by atoms with Gasteiger partial charge in [0.25, 0.3) is 5.91 Å². The van der Waals surface area contributed by atoms with Crippen LogP contribution in [0.5, 0.6) is 5.75 Å². The van der Waals surface area contributed by atoms with Gasteiger partial charge in [-0.3, -0.25) is 4.79 Å². The number of para-hydroxylation sites is 1. The Morgan fingerprint density at radius 1 is 1.38 bits per heavy atom. The van der Waals surface area contributed by atoms with Crippen molar-refractivity contribution in [2.75, 3.05) is 31.3 Å². The minimum atomic E-state index is 0.0898. The molecule has 26 heavy (non-hydrogen) atoms. The second kappa shape index (κ2) is 9.65. The number of thioether (sulfide) groups is 1. The molecule has 144 valence electrons. The van der Waals surface area contributed by atoms with Gasteiger partial charge in [-0.2, -0.15) is 11.8 Å². The van der Waals surface area contributed by atoms with Crippen molar-refractivity contribution in [1.29, 1.82) is 0 Å². The summed E-state index contributed by atoms with van der Waals surface area (Å²) < 4.78 is 11.8. The van der Waals surface area contributed by atoms with Crippen LogP contribution >= 0.6 is 11.8 Å². The Morgan fingerprint density at radius 2 is 2.23 bits per heavy atom. The Hall–Kier alpha value is -1.20. The molecule has 5 heteroatoms. The first-order valence-electron chi connectivity index (χ1n) is 9.89. The molecule has 0 saturated carbocycles. The first-order chi connectivity index (χ1) is 12.7. The lowest BCUT2D eigenvalue weighted by Gasteiger charge is -2.31. The van der Waals surface area contributed by atoms with E-state index in [4.69, 9.17) is 9.47 Å². The van der Waals surface area contributed by atoms with Gasteiger partial charge in [-0.05, 0) is 49.0 Å². The molecule has 0 aromatic heterocycles. The third-order valence-electron chi connectivity index (χ3n) is 5.50. The number of benzene rings is 1. The van der Waals surface area contributed by atoms with Crippen LogP contribution in [0.2, 0.25) is 0 Å². The summed E-state index contributed by atoms with van der Waals surface area (Å²) in [6.07, 6.45) is 4.48. The zero-order valence-electron chi connectivity index (χ0n) is 16.0. The average Bonchev–Trinajstić information content (AvgIpc) is 3.37. The van der Waals surface area contributed by atoms with Gasteiger partial charge < -0.3 is 14.4 Å². The Kier molecular flexibility index (Phi) is 7.26. The molecule has 2 heterocycles. The Morgan fingerprint density at radius 3 is 2.92 bits per heavy atom. The van der Waals surface area contributed by atoms with Gasteiger partial charge >= 0.3 is 0 Å². The van der Waals surface area contributed by atoms with E-state index < -0.39 is 0 Å². The summed E-state index contributed by atoms with van der Waals surface area (Å²) in [5.74, 6) is 3.52. The molecule has 2 aliphatic rings. The summed E-state index contributed by atoms with van der Waals surface area (Å²) in [6, 6.07) is 8.42. The number of carbonyl (C=O) groups is 1. The van der Waals surface area contributed by atoms with Crippen molar-refractivity contribution in [2.24, 2.45) is 0 Å². The molecule has 4 nitrogen and oxygen atoms in total. The molecule has 2 aliphatic heterocycles. The number of rotatable bonds is 8. The minimum Gasteiger partial charge on any atom is -0.483 e. The molecule has 3 unspecified atom stereocenters. The van der Waals surface area contributed by atoms with E-state index in [1.807, 2.05) is 34.9 Å². The topological polar surface area (TPSA) is 38.8 Å². The van der Waals surface area contributed by atoms with Gasteiger partial charge in [-0.15, -0.1) is 0 Å². The van der Waals surface area contributed by atoms with Crippen molar-refractivity contribution in [3.63, 3.8) is 0 Å². The maximum Gasteiger partial charge on any atom is 0.260 e. The maximum atomic E-state index is 13.0. The maximum absolute atomic E-state index is 13.0. The second-order valence-electron chi connectivity index (χ2n) is 7.33. The van der Waals surface area contributed by atoms with Gasteiger partial charge in [0, 0.05) is 24.9 Å². The van der Waals surface area contributed by atoms with Crippen LogP contribution in [0, 0.1) is 0 Å². The van der Waals surface area contributed by atoms with Crippen LogP contribution in [0.3, 0.4) is 0 Å². The lowest BCUT2D eigenvalue weighted by molar-refractivity contribution is -0.137. The van der Waals surface area contributed by atoms with Crippen LogP contribution in [-0.4, -0.2) is 54.2 Å². The van der Waals surface area contributed by atoms with Crippen molar-refractivity contribution >= 4 is 17.7 Å². The van der Waals surface area contributed by atoms with Crippen LogP contribution in [0.1, 0.15) is 51.0 Å². The molecule has 0 aliphatic carbocycles. The SMILES string of the molecule is CCC(C)c1ccccc1OCC(=O)N(CC1CCCO1)C1CCSC1. The monoisotopic (exact) mass is 377 g/mol. The van der Waals surface area contributed by atoms with Gasteiger partial charge in [-0.1, -0.05) is 32.0 Å². The fraction of sp³-hybridized carbons (Fsp3) is 0.667. The third-order valence-corrected chi connectivity index (χ3v) is 6.65. The lowest BCUT2D eigenvalue weighted by atomic mass is 9.98. The summed E-state index contributed by atoms with van der Waals surface area (Å²) in [4.78, 5) is 15.0. The van der Waals surface area contributed by atoms with Gasteiger partial charge in [0.05, 0.1) is 6.10 Å². The Bertz CT molecular complexity index is 582. The normalized spacial score (nSPS) is 23.8. The quantitative estimate of drug-likeness (QED) is 0.684. The van der Waals surface area contributed by atoms with Crippen molar-refractivity contribution in [2.45, 2.75) is 57.6 Å². The molecule has 2 saturated heterocycles. The van der Waals surface area contributed by atoms with Gasteiger partial charge in [0.1, 0.15) is 5.75 Å². The fourth-order valence-corrected chi connectivity index (χ4v) is 4.92. The molecule has 1 aromatic carbocycles. The molecule has 3 atom stereocenters. The average molecular weight is 378 g/mol. The molecule has 0 bridgehead atoms. The number of hydrogen-bond acceptors (Lipinski definition) is 4. The van der Waals surface area contributed by atoms with Crippen molar-refractivity contribution in [1.82, 2.24) is 4.90 Å². The molecule has 3 rings (SSSR count). The minimum absolute atomic E-state index is 0.0898. The number of ether oxygens (including phenoxy) is 2. The number of nitrogens with zero attached hydrogens (tertiary/aromatic N) is 1. The zero-order chi connectivity index (χ0) is 18.4. The van der Waals surface area contributed by atoms with E-state index in [9.17, 15) is 4.79 Å². The van der Waals surface area contributed by atoms with Gasteiger partial charge in [-0.25, -0.2) is 0 Å². The van der Waals surface area contributed by atoms with Crippen molar-refractivity contribution < 1.29 is 14.3 Å². The zero-order valence-corrected chi connectivity index (χ0v) is 16.8. The molecular weight excluding hydrogens is 346 g/mol. The second-order valence-corrected chi connectivity index (χ2v) is 8.48. The predicted molar refractivity (Wildman–Crippen MR) is 107 cm³/mol. The Balaban J connectivity index is 1.64. The van der Waals surface area contributed by atoms with E-state index in [0.29, 0.717) is 18.5 Å². The highest BCUT2D eigenvalue weighted by atomic mass is 32.2. The van der Waals surface area contributed by atoms with Gasteiger partial charge in [0.2, 0.25) is 0 Å². The van der Waals surface area contributed by atoms with E-state index in [0.717, 1.165) is 49.5 Å². The summed E-state index contributed by atoms with van der Waals surface area (Å²) in [7, 11) is 0. The predicted octanol–water partition coefficient (Wildman–Crippen LogP) is 4.09. The van der Waals surface area contributed by atoms with E-state index >= 15 is 0 Å². The first-order valence-corrected chi connectivity index (χ1v) is 11.0. The number of amides is 1. The molecule has 0 spiro atoms. The van der Waals surface area contributed by atoms with Crippen LogP contribution in [-0.2, 0) is 9.53 Å². The largest absolute Gasteiger partial charge is 0.483 e. The summed E-state index contributed by atoms with van der Waals surface area (Å²) in [5.41, 5.74) is 1.19. The summed E-state index contributed by atoms with van der Waals surface area (Å²) in [5, 5.41) is 0. The third kappa shape index (κ3) is 4.95. The van der Waals surface area contributed by atoms with Gasteiger partial charge in [0.15, 0.2) is 6.61 Å². The highest BCUT2D eigenvalue weighted by Gasteiger charge is 2.30. The molecule has 1 amide bonds. The smallest absolute Gasteiger partial charge is 0.260 e. The first kappa shape index (κ1) is 19.6. The van der Waals surface area contributed by atoms with E-state index in [1.165, 1.54) is 5.56 Å². The van der Waals surface area contributed by atoms with Crippen LogP contribution < -0.4 is 4.74 Å². The van der Waals surface area contributed by atoms with Crippen LogP contribution in [0.15, 0.2) is 24.3 Å². The van der Waals surface area contributed by atoms with Crippen molar-refractivity contribution in [3.05, 3.63) is 29.8 Å². The number of hydrogen-bond donors (Lipinski definition) is 0. The molecule has 1 aromatic rings. The number of carbonyl (C=O) groups excluding carboxylic acids is 1. The van der Waals surface area contributed by atoms with Crippen LogP contribution in [0.4, 0.5) is 0 Å². The molecule has 0 radical (unpaired) electrons. The fourth-order valence-electron chi connectivity index (χ4n) is 3.69.